The number of benzene rings is 1. The first-order valence-electron chi connectivity index (χ1n) is 5.69. The molecule has 4 nitrogen and oxygen atoms in total. The van der Waals surface area contributed by atoms with Crippen LogP contribution in [0.1, 0.15) is 20.8 Å². The summed E-state index contributed by atoms with van der Waals surface area (Å²) in [6, 6.07) is 4.07. The van der Waals surface area contributed by atoms with Gasteiger partial charge in [-0.3, -0.25) is 0 Å². The third kappa shape index (κ3) is 3.35. The lowest BCUT2D eigenvalue weighted by Gasteiger charge is -2.26. The highest BCUT2D eigenvalue weighted by Gasteiger charge is 2.29. The van der Waals surface area contributed by atoms with Crippen molar-refractivity contribution < 1.29 is 18.7 Å². The SMILES string of the molecule is CCOC(=O)C(C)(C)Nc1cc(F)ccc1OC. The van der Waals surface area contributed by atoms with Crippen LogP contribution < -0.4 is 10.1 Å². The molecule has 100 valence electrons. The quantitative estimate of drug-likeness (QED) is 0.821. The number of esters is 1. The number of carbonyl (C=O) groups excluding carboxylic acids is 1. The molecule has 0 aromatic heterocycles. The number of nitrogens with one attached hydrogen (secondary N) is 1. The van der Waals surface area contributed by atoms with E-state index in [1.165, 1.54) is 25.3 Å². The molecule has 1 rings (SSSR count). The molecule has 1 N–H and O–H groups in total. The lowest BCUT2D eigenvalue weighted by molar-refractivity contribution is -0.147. The van der Waals surface area contributed by atoms with Gasteiger partial charge in [-0.25, -0.2) is 9.18 Å². The highest BCUT2D eigenvalue weighted by Crippen LogP contribution is 2.28. The second-order valence-electron chi connectivity index (χ2n) is 4.32. The molecule has 1 aromatic rings. The molecule has 18 heavy (non-hydrogen) atoms. The molecule has 0 saturated heterocycles. The van der Waals surface area contributed by atoms with E-state index in [0.717, 1.165) is 0 Å². The molecule has 0 fully saturated rings. The third-order valence-corrected chi connectivity index (χ3v) is 2.39. The fourth-order valence-corrected chi connectivity index (χ4v) is 1.48. The zero-order chi connectivity index (χ0) is 13.8. The Kier molecular flexibility index (Phi) is 4.53. The van der Waals surface area contributed by atoms with Crippen molar-refractivity contribution in [3.05, 3.63) is 24.0 Å². The first-order valence-corrected chi connectivity index (χ1v) is 5.69. The van der Waals surface area contributed by atoms with Crippen molar-refractivity contribution in [2.45, 2.75) is 26.3 Å². The van der Waals surface area contributed by atoms with E-state index in [-0.39, 0.29) is 0 Å². The van der Waals surface area contributed by atoms with Crippen LogP contribution in [0, 0.1) is 5.82 Å². The first-order chi connectivity index (χ1) is 8.40. The van der Waals surface area contributed by atoms with E-state index in [9.17, 15) is 9.18 Å². The van der Waals surface area contributed by atoms with Gasteiger partial charge in [0.25, 0.3) is 0 Å². The molecule has 0 aliphatic rings. The van der Waals surface area contributed by atoms with Crippen LogP contribution >= 0.6 is 0 Å². The van der Waals surface area contributed by atoms with Gasteiger partial charge in [0.1, 0.15) is 17.1 Å². The summed E-state index contributed by atoms with van der Waals surface area (Å²) < 4.78 is 23.2. The Morgan fingerprint density at radius 1 is 1.44 bits per heavy atom. The molecular formula is C13H18FNO3. The first kappa shape index (κ1) is 14.3. The van der Waals surface area contributed by atoms with Gasteiger partial charge in [-0.05, 0) is 32.9 Å². The maximum Gasteiger partial charge on any atom is 0.331 e. The maximum absolute atomic E-state index is 13.2. The van der Waals surface area contributed by atoms with Crippen LogP contribution in [-0.2, 0) is 9.53 Å². The third-order valence-electron chi connectivity index (χ3n) is 2.39. The fourth-order valence-electron chi connectivity index (χ4n) is 1.48. The zero-order valence-corrected chi connectivity index (χ0v) is 11.0. The Morgan fingerprint density at radius 3 is 2.67 bits per heavy atom. The Hall–Kier alpha value is -1.78. The fraction of sp³-hybridized carbons (Fsp3) is 0.462. The van der Waals surface area contributed by atoms with Gasteiger partial charge < -0.3 is 14.8 Å². The van der Waals surface area contributed by atoms with Crippen LogP contribution in [0.4, 0.5) is 10.1 Å². The van der Waals surface area contributed by atoms with Crippen LogP contribution in [0.3, 0.4) is 0 Å². The molecular weight excluding hydrogens is 237 g/mol. The smallest absolute Gasteiger partial charge is 0.331 e. The monoisotopic (exact) mass is 255 g/mol. The molecule has 0 radical (unpaired) electrons. The maximum atomic E-state index is 13.2. The van der Waals surface area contributed by atoms with Gasteiger partial charge in [0.2, 0.25) is 0 Å². The predicted molar refractivity (Wildman–Crippen MR) is 67.3 cm³/mol. The van der Waals surface area contributed by atoms with Crippen LogP contribution in [0.15, 0.2) is 18.2 Å². The number of carbonyl (C=O) groups is 1. The van der Waals surface area contributed by atoms with E-state index in [1.54, 1.807) is 20.8 Å². The Balaban J connectivity index is 2.95. The zero-order valence-electron chi connectivity index (χ0n) is 11.0. The van der Waals surface area contributed by atoms with Crippen LogP contribution in [0.25, 0.3) is 0 Å². The molecule has 0 heterocycles. The van der Waals surface area contributed by atoms with Gasteiger partial charge in [-0.15, -0.1) is 0 Å². The van der Waals surface area contributed by atoms with E-state index in [0.29, 0.717) is 18.0 Å². The second-order valence-corrected chi connectivity index (χ2v) is 4.32. The topological polar surface area (TPSA) is 47.6 Å². The highest BCUT2D eigenvalue weighted by atomic mass is 19.1. The van der Waals surface area contributed by atoms with Crippen molar-refractivity contribution in [2.24, 2.45) is 0 Å². The standard InChI is InChI=1S/C13H18FNO3/c1-5-18-12(16)13(2,3)15-10-8-9(14)6-7-11(10)17-4/h6-8,15H,5H2,1-4H3. The number of hydrogen-bond donors (Lipinski definition) is 1. The molecule has 0 saturated carbocycles. The van der Waals surface area contributed by atoms with Gasteiger partial charge in [0.15, 0.2) is 0 Å². The number of rotatable bonds is 5. The summed E-state index contributed by atoms with van der Waals surface area (Å²) in [4.78, 5) is 11.7. The van der Waals surface area contributed by atoms with E-state index < -0.39 is 17.3 Å². The van der Waals surface area contributed by atoms with Crippen molar-refractivity contribution in [2.75, 3.05) is 19.0 Å². The summed E-state index contributed by atoms with van der Waals surface area (Å²) in [5.41, 5.74) is -0.549. The van der Waals surface area contributed by atoms with E-state index in [2.05, 4.69) is 5.32 Å². The Labute approximate surface area is 106 Å². The predicted octanol–water partition coefficient (Wildman–Crippen LogP) is 2.59. The van der Waals surface area contributed by atoms with Crippen molar-refractivity contribution in [1.82, 2.24) is 0 Å². The molecule has 0 aliphatic carbocycles. The van der Waals surface area contributed by atoms with Crippen LogP contribution in [-0.4, -0.2) is 25.2 Å². The minimum absolute atomic E-state index is 0.296. The highest BCUT2D eigenvalue weighted by molar-refractivity contribution is 5.84. The minimum Gasteiger partial charge on any atom is -0.495 e. The summed E-state index contributed by atoms with van der Waals surface area (Å²) in [5, 5.41) is 2.92. The number of hydrogen-bond acceptors (Lipinski definition) is 4. The molecule has 0 amide bonds. The lowest BCUT2D eigenvalue weighted by atomic mass is 10.1. The number of anilines is 1. The second kappa shape index (κ2) is 5.71. The van der Waals surface area contributed by atoms with E-state index in [1.807, 2.05) is 0 Å². The van der Waals surface area contributed by atoms with Crippen molar-refractivity contribution >= 4 is 11.7 Å². The summed E-state index contributed by atoms with van der Waals surface area (Å²) in [6.45, 7) is 5.35. The van der Waals surface area contributed by atoms with Crippen LogP contribution in [0.5, 0.6) is 5.75 Å². The van der Waals surface area contributed by atoms with Gasteiger partial charge in [-0.2, -0.15) is 0 Å². The van der Waals surface area contributed by atoms with Crippen LogP contribution in [0.2, 0.25) is 0 Å². The summed E-state index contributed by atoms with van der Waals surface area (Å²) >= 11 is 0. The molecule has 0 unspecified atom stereocenters. The molecule has 0 bridgehead atoms. The lowest BCUT2D eigenvalue weighted by Crippen LogP contribution is -2.41. The van der Waals surface area contributed by atoms with Crippen molar-refractivity contribution in [3.8, 4) is 5.75 Å². The summed E-state index contributed by atoms with van der Waals surface area (Å²) in [5.74, 6) is -0.344. The largest absolute Gasteiger partial charge is 0.495 e. The molecule has 0 spiro atoms. The van der Waals surface area contributed by atoms with Crippen molar-refractivity contribution in [1.29, 1.82) is 0 Å². The number of methoxy groups -OCH3 is 1. The van der Waals surface area contributed by atoms with Gasteiger partial charge in [-0.1, -0.05) is 0 Å². The van der Waals surface area contributed by atoms with Crippen molar-refractivity contribution in [3.63, 3.8) is 0 Å². The summed E-state index contributed by atoms with van der Waals surface area (Å²) in [6.07, 6.45) is 0. The Bertz CT molecular complexity index is 432. The van der Waals surface area contributed by atoms with Gasteiger partial charge in [0.05, 0.1) is 19.4 Å². The molecule has 1 aromatic carbocycles. The van der Waals surface area contributed by atoms with E-state index >= 15 is 0 Å². The summed E-state index contributed by atoms with van der Waals surface area (Å²) in [7, 11) is 1.48. The van der Waals surface area contributed by atoms with Gasteiger partial charge in [0, 0.05) is 6.07 Å². The van der Waals surface area contributed by atoms with Gasteiger partial charge >= 0.3 is 5.97 Å². The molecule has 5 heteroatoms. The molecule has 0 aliphatic heterocycles. The Morgan fingerprint density at radius 2 is 2.11 bits per heavy atom. The van der Waals surface area contributed by atoms with E-state index in [4.69, 9.17) is 9.47 Å². The number of halogens is 1. The normalized spacial score (nSPS) is 10.9. The number of ether oxygens (including phenoxy) is 2. The minimum atomic E-state index is -0.961. The average molecular weight is 255 g/mol. The molecule has 0 atom stereocenters. The average Bonchev–Trinajstić information content (AvgIpc) is 2.29.